The van der Waals surface area contributed by atoms with E-state index in [0.717, 1.165) is 17.5 Å². The lowest BCUT2D eigenvalue weighted by molar-refractivity contribution is 0.416. The zero-order chi connectivity index (χ0) is 8.67. The Morgan fingerprint density at radius 1 is 1.38 bits per heavy atom. The Morgan fingerprint density at radius 3 is 3.15 bits per heavy atom. The third-order valence-electron chi connectivity index (χ3n) is 2.25. The van der Waals surface area contributed by atoms with E-state index in [1.54, 1.807) is 6.33 Å². The largest absolute Gasteiger partial charge is 0.368 e. The van der Waals surface area contributed by atoms with Gasteiger partial charge in [0.15, 0.2) is 0 Å². The lowest BCUT2D eigenvalue weighted by Gasteiger charge is -2.00. The van der Waals surface area contributed by atoms with Crippen LogP contribution in [-0.2, 0) is 4.74 Å². The highest BCUT2D eigenvalue weighted by atomic mass is 16.6. The molecule has 2 aromatic rings. The number of benzene rings is 1. The molecule has 0 aliphatic carbocycles. The molecule has 1 aromatic heterocycles. The molecule has 0 N–H and O–H groups in total. The molecule has 1 atom stereocenters. The van der Waals surface area contributed by atoms with Gasteiger partial charge < -0.3 is 4.74 Å². The highest BCUT2D eigenvalue weighted by Gasteiger charge is 2.26. The number of aromatic nitrogens is 2. The highest BCUT2D eigenvalue weighted by molar-refractivity contribution is 5.81. The number of nitrogens with zero attached hydrogens (tertiary/aromatic N) is 2. The minimum atomic E-state index is 0.263. The summed E-state index contributed by atoms with van der Waals surface area (Å²) in [4.78, 5) is 8.23. The van der Waals surface area contributed by atoms with Crippen LogP contribution < -0.4 is 0 Å². The van der Waals surface area contributed by atoms with Crippen LogP contribution in [0.5, 0.6) is 0 Å². The summed E-state index contributed by atoms with van der Waals surface area (Å²) in [5.74, 6) is 0. The van der Waals surface area contributed by atoms with E-state index in [1.807, 2.05) is 18.3 Å². The molecule has 2 heterocycles. The predicted octanol–water partition coefficient (Wildman–Crippen LogP) is 1.70. The minimum Gasteiger partial charge on any atom is -0.368 e. The molecule has 3 heteroatoms. The summed E-state index contributed by atoms with van der Waals surface area (Å²) in [6, 6.07) is 6.09. The molecule has 0 spiro atoms. The number of ether oxygens (including phenoxy) is 1. The average Bonchev–Trinajstić information content (AvgIpc) is 3.00. The third kappa shape index (κ3) is 1.09. The summed E-state index contributed by atoms with van der Waals surface area (Å²) < 4.78 is 5.24. The molecule has 1 aromatic carbocycles. The van der Waals surface area contributed by atoms with Gasteiger partial charge in [0, 0.05) is 17.1 Å². The fourth-order valence-corrected chi connectivity index (χ4v) is 1.53. The predicted molar refractivity (Wildman–Crippen MR) is 48.2 cm³/mol. The molecular weight excluding hydrogens is 164 g/mol. The van der Waals surface area contributed by atoms with Crippen LogP contribution in [0, 0.1) is 0 Å². The topological polar surface area (TPSA) is 38.3 Å². The van der Waals surface area contributed by atoms with E-state index in [1.165, 1.54) is 5.56 Å². The van der Waals surface area contributed by atoms with E-state index in [2.05, 4.69) is 16.0 Å². The van der Waals surface area contributed by atoms with Crippen molar-refractivity contribution in [1.29, 1.82) is 0 Å². The average molecular weight is 172 g/mol. The van der Waals surface area contributed by atoms with Gasteiger partial charge in [0.25, 0.3) is 0 Å². The fourth-order valence-electron chi connectivity index (χ4n) is 1.53. The second-order valence-corrected chi connectivity index (χ2v) is 3.13. The molecule has 0 bridgehead atoms. The molecule has 13 heavy (non-hydrogen) atoms. The van der Waals surface area contributed by atoms with E-state index in [9.17, 15) is 0 Å². The summed E-state index contributed by atoms with van der Waals surface area (Å²) >= 11 is 0. The van der Waals surface area contributed by atoms with E-state index >= 15 is 0 Å². The monoisotopic (exact) mass is 172 g/mol. The van der Waals surface area contributed by atoms with Crippen molar-refractivity contribution in [1.82, 2.24) is 9.97 Å². The molecule has 1 aliphatic heterocycles. The van der Waals surface area contributed by atoms with E-state index < -0.39 is 0 Å². The molecule has 1 saturated heterocycles. The molecule has 1 fully saturated rings. The van der Waals surface area contributed by atoms with E-state index in [-0.39, 0.29) is 6.10 Å². The Balaban J connectivity index is 2.32. The van der Waals surface area contributed by atoms with Crippen molar-refractivity contribution in [3.05, 3.63) is 36.3 Å². The van der Waals surface area contributed by atoms with Gasteiger partial charge in [-0.15, -0.1) is 0 Å². The van der Waals surface area contributed by atoms with Crippen molar-refractivity contribution in [2.45, 2.75) is 6.10 Å². The van der Waals surface area contributed by atoms with Crippen LogP contribution in [0.2, 0.25) is 0 Å². The first-order valence-corrected chi connectivity index (χ1v) is 4.25. The van der Waals surface area contributed by atoms with E-state index in [4.69, 9.17) is 4.74 Å². The lowest BCUT2D eigenvalue weighted by atomic mass is 10.1. The lowest BCUT2D eigenvalue weighted by Crippen LogP contribution is -1.87. The SMILES string of the molecule is c1cc(C2CO2)c2ncncc2c1. The van der Waals surface area contributed by atoms with Crippen LogP contribution in [0.1, 0.15) is 11.7 Å². The number of fused-ring (bicyclic) bond motifs is 1. The summed E-state index contributed by atoms with van der Waals surface area (Å²) in [5, 5.41) is 1.08. The standard InChI is InChI=1S/C10H8N2O/c1-2-7-4-11-6-12-10(7)8(3-1)9-5-13-9/h1-4,6,9H,5H2. The molecule has 1 aliphatic rings. The molecule has 1 unspecified atom stereocenters. The van der Waals surface area contributed by atoms with Gasteiger partial charge in [0.2, 0.25) is 0 Å². The number of rotatable bonds is 1. The van der Waals surface area contributed by atoms with Crippen molar-refractivity contribution < 1.29 is 4.74 Å². The Labute approximate surface area is 75.4 Å². The summed E-state index contributed by atoms with van der Waals surface area (Å²) in [6.07, 6.45) is 3.67. The second kappa shape index (κ2) is 2.50. The van der Waals surface area contributed by atoms with Gasteiger partial charge in [-0.25, -0.2) is 9.97 Å². The van der Waals surface area contributed by atoms with Crippen molar-refractivity contribution in [3.63, 3.8) is 0 Å². The highest BCUT2D eigenvalue weighted by Crippen LogP contribution is 2.33. The number of para-hydroxylation sites is 1. The van der Waals surface area contributed by atoms with Crippen LogP contribution >= 0.6 is 0 Å². The summed E-state index contributed by atoms with van der Waals surface area (Å²) in [7, 11) is 0. The fraction of sp³-hybridized carbons (Fsp3) is 0.200. The molecule has 0 saturated carbocycles. The second-order valence-electron chi connectivity index (χ2n) is 3.13. The molecule has 0 amide bonds. The van der Waals surface area contributed by atoms with Gasteiger partial charge >= 0.3 is 0 Å². The maximum Gasteiger partial charge on any atom is 0.116 e. The van der Waals surface area contributed by atoms with Gasteiger partial charge in [-0.3, -0.25) is 0 Å². The van der Waals surface area contributed by atoms with Crippen molar-refractivity contribution in [3.8, 4) is 0 Å². The van der Waals surface area contributed by atoms with Gasteiger partial charge in [-0.2, -0.15) is 0 Å². The van der Waals surface area contributed by atoms with Crippen LogP contribution in [-0.4, -0.2) is 16.6 Å². The third-order valence-corrected chi connectivity index (χ3v) is 2.25. The van der Waals surface area contributed by atoms with Crippen molar-refractivity contribution in [2.75, 3.05) is 6.61 Å². The van der Waals surface area contributed by atoms with Gasteiger partial charge in [0.05, 0.1) is 12.1 Å². The number of hydrogen-bond acceptors (Lipinski definition) is 3. The normalized spacial score (nSPS) is 20.5. The Bertz CT molecular complexity index is 446. The summed E-state index contributed by atoms with van der Waals surface area (Å²) in [6.45, 7) is 0.823. The van der Waals surface area contributed by atoms with Crippen molar-refractivity contribution in [2.24, 2.45) is 0 Å². The molecule has 3 rings (SSSR count). The molecule has 64 valence electrons. The zero-order valence-electron chi connectivity index (χ0n) is 6.97. The van der Waals surface area contributed by atoms with Gasteiger partial charge in [-0.1, -0.05) is 18.2 Å². The molecule has 0 radical (unpaired) electrons. The van der Waals surface area contributed by atoms with Crippen LogP contribution in [0.25, 0.3) is 10.9 Å². The maximum absolute atomic E-state index is 5.24. The Kier molecular flexibility index (Phi) is 1.34. The van der Waals surface area contributed by atoms with E-state index in [0.29, 0.717) is 0 Å². The van der Waals surface area contributed by atoms with Gasteiger partial charge in [-0.05, 0) is 0 Å². The molecular formula is C10H8N2O. The number of hydrogen-bond donors (Lipinski definition) is 0. The van der Waals surface area contributed by atoms with Crippen LogP contribution in [0.15, 0.2) is 30.7 Å². The minimum absolute atomic E-state index is 0.263. The maximum atomic E-state index is 5.24. The van der Waals surface area contributed by atoms with Crippen LogP contribution in [0.4, 0.5) is 0 Å². The number of epoxide rings is 1. The quantitative estimate of drug-likeness (QED) is 0.614. The Hall–Kier alpha value is -1.48. The molecule has 3 nitrogen and oxygen atoms in total. The van der Waals surface area contributed by atoms with Crippen molar-refractivity contribution >= 4 is 10.9 Å². The summed E-state index contributed by atoms with van der Waals surface area (Å²) in [5.41, 5.74) is 2.19. The van der Waals surface area contributed by atoms with Gasteiger partial charge in [0.1, 0.15) is 12.4 Å². The van der Waals surface area contributed by atoms with Crippen LogP contribution in [0.3, 0.4) is 0 Å². The zero-order valence-corrected chi connectivity index (χ0v) is 6.97. The first kappa shape index (κ1) is 6.97. The first-order valence-electron chi connectivity index (χ1n) is 4.25. The Morgan fingerprint density at radius 2 is 2.31 bits per heavy atom. The smallest absolute Gasteiger partial charge is 0.116 e. The first-order chi connectivity index (χ1) is 6.45.